The minimum absolute atomic E-state index is 0.425. The molecule has 92 valence electrons. The minimum atomic E-state index is -0.828. The van der Waals surface area contributed by atoms with Crippen LogP contribution in [0.5, 0.6) is 11.5 Å². The molecule has 1 aromatic rings. The Labute approximate surface area is 102 Å². The Kier molecular flexibility index (Phi) is 4.80. The number of nitriles is 1. The predicted octanol–water partition coefficient (Wildman–Crippen LogP) is 2.10. The van der Waals surface area contributed by atoms with Gasteiger partial charge < -0.3 is 15.2 Å². The first-order valence-corrected chi connectivity index (χ1v) is 5.63. The van der Waals surface area contributed by atoms with Crippen molar-refractivity contribution in [1.82, 2.24) is 0 Å². The van der Waals surface area contributed by atoms with Gasteiger partial charge in [-0.05, 0) is 38.1 Å². The average Bonchev–Trinajstić information content (AvgIpc) is 2.32. The zero-order valence-corrected chi connectivity index (χ0v) is 10.3. The monoisotopic (exact) mass is 234 g/mol. The number of benzene rings is 1. The summed E-state index contributed by atoms with van der Waals surface area (Å²) in [6.07, 6.45) is 0.497. The Hall–Kier alpha value is -1.73. The third-order valence-corrected chi connectivity index (χ3v) is 2.28. The lowest BCUT2D eigenvalue weighted by molar-refractivity contribution is 0.285. The van der Waals surface area contributed by atoms with Crippen LogP contribution in [0.25, 0.3) is 0 Å². The Morgan fingerprint density at radius 2 is 1.76 bits per heavy atom. The van der Waals surface area contributed by atoms with Gasteiger partial charge in [0.15, 0.2) is 0 Å². The van der Waals surface area contributed by atoms with Crippen molar-refractivity contribution in [2.24, 2.45) is 5.73 Å². The normalized spacial score (nSPS) is 13.5. The van der Waals surface area contributed by atoms with Crippen LogP contribution in [0.2, 0.25) is 0 Å². The lowest BCUT2D eigenvalue weighted by atomic mass is 10.0. The van der Waals surface area contributed by atoms with E-state index >= 15 is 0 Å². The van der Waals surface area contributed by atoms with Crippen molar-refractivity contribution < 1.29 is 9.47 Å². The lowest BCUT2D eigenvalue weighted by Gasteiger charge is -2.15. The van der Waals surface area contributed by atoms with Crippen LogP contribution in [0.4, 0.5) is 0 Å². The molecule has 4 heteroatoms. The quantitative estimate of drug-likeness (QED) is 0.818. The molecule has 0 aliphatic carbocycles. The molecule has 2 N–H and O–H groups in total. The Morgan fingerprint density at radius 3 is 2.24 bits per heavy atom. The van der Waals surface area contributed by atoms with E-state index < -0.39 is 5.54 Å². The number of hydrogen-bond donors (Lipinski definition) is 1. The van der Waals surface area contributed by atoms with Crippen LogP contribution in [0.15, 0.2) is 24.3 Å². The highest BCUT2D eigenvalue weighted by Crippen LogP contribution is 2.18. The molecule has 0 aromatic heterocycles. The van der Waals surface area contributed by atoms with Gasteiger partial charge in [0, 0.05) is 6.42 Å². The summed E-state index contributed by atoms with van der Waals surface area (Å²) >= 11 is 0. The molecule has 0 fully saturated rings. The van der Waals surface area contributed by atoms with Gasteiger partial charge >= 0.3 is 0 Å². The molecule has 0 saturated heterocycles. The van der Waals surface area contributed by atoms with Gasteiger partial charge in [0.1, 0.15) is 17.0 Å². The van der Waals surface area contributed by atoms with Crippen LogP contribution >= 0.6 is 0 Å². The largest absolute Gasteiger partial charge is 0.494 e. The molecule has 0 saturated carbocycles. The molecule has 0 amide bonds. The molecule has 1 unspecified atom stereocenters. The second kappa shape index (κ2) is 6.12. The first-order chi connectivity index (χ1) is 8.07. The second-order valence-corrected chi connectivity index (χ2v) is 4.03. The molecule has 0 heterocycles. The fraction of sp³-hybridized carbons (Fsp3) is 0.462. The molecular weight excluding hydrogens is 216 g/mol. The zero-order valence-electron chi connectivity index (χ0n) is 10.3. The summed E-state index contributed by atoms with van der Waals surface area (Å²) in [6, 6.07) is 9.41. The minimum Gasteiger partial charge on any atom is -0.494 e. The van der Waals surface area contributed by atoms with E-state index in [0.717, 1.165) is 11.5 Å². The predicted molar refractivity (Wildman–Crippen MR) is 65.9 cm³/mol. The van der Waals surface area contributed by atoms with E-state index in [1.165, 1.54) is 0 Å². The molecule has 0 aliphatic heterocycles. The van der Waals surface area contributed by atoms with Gasteiger partial charge in [0.2, 0.25) is 0 Å². The van der Waals surface area contributed by atoms with E-state index in [1.54, 1.807) is 6.92 Å². The SMILES string of the molecule is CCOc1ccc(OCCC(C)(N)C#N)cc1. The summed E-state index contributed by atoms with van der Waals surface area (Å²) in [5, 5.41) is 8.74. The van der Waals surface area contributed by atoms with Gasteiger partial charge in [0.05, 0.1) is 19.3 Å². The van der Waals surface area contributed by atoms with Crippen molar-refractivity contribution in [3.8, 4) is 17.6 Å². The number of hydrogen-bond acceptors (Lipinski definition) is 4. The molecule has 0 radical (unpaired) electrons. The molecule has 1 atom stereocenters. The fourth-order valence-electron chi connectivity index (χ4n) is 1.24. The molecular formula is C13H18N2O2. The molecule has 1 rings (SSSR count). The van der Waals surface area contributed by atoms with Gasteiger partial charge in [-0.3, -0.25) is 0 Å². The standard InChI is InChI=1S/C13H18N2O2/c1-3-16-11-4-6-12(7-5-11)17-9-8-13(2,15)10-14/h4-7H,3,8-9,15H2,1-2H3. The van der Waals surface area contributed by atoms with Crippen LogP contribution in [0.3, 0.4) is 0 Å². The molecule has 0 bridgehead atoms. The second-order valence-electron chi connectivity index (χ2n) is 4.03. The summed E-state index contributed by atoms with van der Waals surface area (Å²) in [5.41, 5.74) is 4.85. The molecule has 4 nitrogen and oxygen atoms in total. The van der Waals surface area contributed by atoms with Crippen molar-refractivity contribution in [2.75, 3.05) is 13.2 Å². The molecule has 0 spiro atoms. The molecule has 1 aromatic carbocycles. The summed E-state index contributed by atoms with van der Waals surface area (Å²) in [6.45, 7) is 4.70. The third kappa shape index (κ3) is 4.75. The first-order valence-electron chi connectivity index (χ1n) is 5.63. The third-order valence-electron chi connectivity index (χ3n) is 2.28. The van der Waals surface area contributed by atoms with Crippen molar-refractivity contribution in [1.29, 1.82) is 5.26 Å². The lowest BCUT2D eigenvalue weighted by Crippen LogP contribution is -2.35. The van der Waals surface area contributed by atoms with Crippen LogP contribution < -0.4 is 15.2 Å². The summed E-state index contributed by atoms with van der Waals surface area (Å²) in [7, 11) is 0. The van der Waals surface area contributed by atoms with E-state index in [4.69, 9.17) is 20.5 Å². The highest BCUT2D eigenvalue weighted by molar-refractivity contribution is 5.31. The van der Waals surface area contributed by atoms with Crippen molar-refractivity contribution in [2.45, 2.75) is 25.8 Å². The summed E-state index contributed by atoms with van der Waals surface area (Å²) in [5.74, 6) is 1.57. The van der Waals surface area contributed by atoms with Crippen LogP contribution in [0, 0.1) is 11.3 Å². The zero-order chi connectivity index (χ0) is 12.7. The Balaban J connectivity index is 2.40. The van der Waals surface area contributed by atoms with Crippen LogP contribution in [0.1, 0.15) is 20.3 Å². The van der Waals surface area contributed by atoms with Gasteiger partial charge in [-0.2, -0.15) is 5.26 Å². The average molecular weight is 234 g/mol. The van der Waals surface area contributed by atoms with E-state index in [-0.39, 0.29) is 0 Å². The summed E-state index contributed by atoms with van der Waals surface area (Å²) < 4.78 is 10.8. The highest BCUT2D eigenvalue weighted by atomic mass is 16.5. The fourth-order valence-corrected chi connectivity index (χ4v) is 1.24. The van der Waals surface area contributed by atoms with Crippen molar-refractivity contribution in [3.05, 3.63) is 24.3 Å². The van der Waals surface area contributed by atoms with E-state index in [0.29, 0.717) is 19.6 Å². The maximum absolute atomic E-state index is 8.74. The Bertz CT molecular complexity index is 379. The van der Waals surface area contributed by atoms with E-state index in [2.05, 4.69) is 0 Å². The maximum atomic E-state index is 8.74. The number of ether oxygens (including phenoxy) is 2. The molecule has 17 heavy (non-hydrogen) atoms. The maximum Gasteiger partial charge on any atom is 0.119 e. The summed E-state index contributed by atoms with van der Waals surface area (Å²) in [4.78, 5) is 0. The highest BCUT2D eigenvalue weighted by Gasteiger charge is 2.16. The van der Waals surface area contributed by atoms with Gasteiger partial charge in [-0.15, -0.1) is 0 Å². The van der Waals surface area contributed by atoms with Crippen LogP contribution in [-0.4, -0.2) is 18.8 Å². The van der Waals surface area contributed by atoms with Gasteiger partial charge in [-0.1, -0.05) is 0 Å². The van der Waals surface area contributed by atoms with Crippen LogP contribution in [-0.2, 0) is 0 Å². The first kappa shape index (κ1) is 13.3. The van der Waals surface area contributed by atoms with Gasteiger partial charge in [-0.25, -0.2) is 0 Å². The number of rotatable bonds is 6. The Morgan fingerprint density at radius 1 is 1.24 bits per heavy atom. The topological polar surface area (TPSA) is 68.3 Å². The van der Waals surface area contributed by atoms with E-state index in [1.807, 2.05) is 37.3 Å². The molecule has 0 aliphatic rings. The van der Waals surface area contributed by atoms with Crippen molar-refractivity contribution in [3.63, 3.8) is 0 Å². The van der Waals surface area contributed by atoms with Gasteiger partial charge in [0.25, 0.3) is 0 Å². The number of nitrogens with zero attached hydrogens (tertiary/aromatic N) is 1. The number of nitrogens with two attached hydrogens (primary N) is 1. The van der Waals surface area contributed by atoms with E-state index in [9.17, 15) is 0 Å². The van der Waals surface area contributed by atoms with Crippen molar-refractivity contribution >= 4 is 0 Å². The smallest absolute Gasteiger partial charge is 0.119 e.